The number of aryl methyl sites for hydroxylation is 1. The van der Waals surface area contributed by atoms with Gasteiger partial charge in [0.25, 0.3) is 0 Å². The highest BCUT2D eigenvalue weighted by molar-refractivity contribution is 9.10. The van der Waals surface area contributed by atoms with Gasteiger partial charge in [-0.05, 0) is 46.6 Å². The van der Waals surface area contributed by atoms with Gasteiger partial charge >= 0.3 is 0 Å². The molecule has 0 aliphatic heterocycles. The van der Waals surface area contributed by atoms with Crippen molar-refractivity contribution in [3.63, 3.8) is 0 Å². The first kappa shape index (κ1) is 15.5. The Morgan fingerprint density at radius 2 is 1.90 bits per heavy atom. The van der Waals surface area contributed by atoms with E-state index in [2.05, 4.69) is 15.9 Å². The number of benzene rings is 2. The Bertz CT molecular complexity index is 619. The van der Waals surface area contributed by atoms with E-state index >= 15 is 0 Å². The molecular formula is C15H13BrF2OS. The number of halogens is 3. The van der Waals surface area contributed by atoms with Crippen LogP contribution in [0.4, 0.5) is 8.78 Å². The second kappa shape index (κ2) is 6.70. The summed E-state index contributed by atoms with van der Waals surface area (Å²) in [7, 11) is 0. The fourth-order valence-corrected chi connectivity index (χ4v) is 3.14. The summed E-state index contributed by atoms with van der Waals surface area (Å²) < 4.78 is 27.7. The lowest BCUT2D eigenvalue weighted by molar-refractivity contribution is 0.193. The monoisotopic (exact) mass is 358 g/mol. The molecule has 1 atom stereocenters. The minimum atomic E-state index is -1.20. The number of hydrogen-bond acceptors (Lipinski definition) is 2. The van der Waals surface area contributed by atoms with Gasteiger partial charge in [0.1, 0.15) is 11.6 Å². The second-order valence-corrected chi connectivity index (χ2v) is 6.27. The van der Waals surface area contributed by atoms with Crippen LogP contribution in [0.2, 0.25) is 0 Å². The molecule has 5 heteroatoms. The van der Waals surface area contributed by atoms with Gasteiger partial charge in [-0.25, -0.2) is 8.78 Å². The van der Waals surface area contributed by atoms with E-state index in [0.29, 0.717) is 0 Å². The number of aliphatic hydroxyl groups is 1. The minimum absolute atomic E-state index is 0.147. The topological polar surface area (TPSA) is 20.2 Å². The highest BCUT2D eigenvalue weighted by atomic mass is 79.9. The lowest BCUT2D eigenvalue weighted by Gasteiger charge is -2.14. The molecular weight excluding hydrogens is 346 g/mol. The van der Waals surface area contributed by atoms with Gasteiger partial charge in [-0.15, -0.1) is 11.8 Å². The fourth-order valence-electron chi connectivity index (χ4n) is 1.82. The van der Waals surface area contributed by atoms with Crippen molar-refractivity contribution in [3.05, 3.63) is 63.6 Å². The number of thioether (sulfide) groups is 1. The summed E-state index contributed by atoms with van der Waals surface area (Å²) >= 11 is 4.37. The molecule has 0 bridgehead atoms. The molecule has 0 aromatic heterocycles. The maximum absolute atomic E-state index is 13.9. The molecule has 1 unspecified atom stereocenters. The summed E-state index contributed by atoms with van der Waals surface area (Å²) in [6.07, 6.45) is -1.20. The zero-order valence-corrected chi connectivity index (χ0v) is 13.1. The van der Waals surface area contributed by atoms with Crippen LogP contribution in [0.15, 0.2) is 45.8 Å². The van der Waals surface area contributed by atoms with E-state index in [0.717, 1.165) is 16.5 Å². The van der Waals surface area contributed by atoms with Crippen LogP contribution in [0.3, 0.4) is 0 Å². The molecule has 0 radical (unpaired) electrons. The molecule has 1 N–H and O–H groups in total. The Labute approximate surface area is 129 Å². The van der Waals surface area contributed by atoms with Gasteiger partial charge in [0.2, 0.25) is 0 Å². The normalized spacial score (nSPS) is 12.4. The van der Waals surface area contributed by atoms with Gasteiger partial charge in [-0.1, -0.05) is 18.2 Å². The average Bonchev–Trinajstić information content (AvgIpc) is 2.42. The third kappa shape index (κ3) is 3.40. The average molecular weight is 359 g/mol. The molecule has 0 aliphatic rings. The first-order chi connectivity index (χ1) is 9.50. The van der Waals surface area contributed by atoms with Gasteiger partial charge in [0.15, 0.2) is 0 Å². The number of aliphatic hydroxyl groups excluding tert-OH is 1. The minimum Gasteiger partial charge on any atom is -0.387 e. The molecule has 0 aliphatic carbocycles. The van der Waals surface area contributed by atoms with Crippen molar-refractivity contribution in [3.8, 4) is 0 Å². The number of rotatable bonds is 4. The molecule has 0 amide bonds. The molecule has 1 nitrogen and oxygen atoms in total. The lowest BCUT2D eigenvalue weighted by Crippen LogP contribution is -2.07. The quantitative estimate of drug-likeness (QED) is 0.621. The first-order valence-corrected chi connectivity index (χ1v) is 7.78. The first-order valence-electron chi connectivity index (χ1n) is 6.00. The van der Waals surface area contributed by atoms with Crippen LogP contribution in [0.1, 0.15) is 17.2 Å². The second-order valence-electron chi connectivity index (χ2n) is 4.35. The molecule has 2 rings (SSSR count). The predicted octanol–water partition coefficient (Wildman–Crippen LogP) is 4.86. The molecule has 0 spiro atoms. The Balaban J connectivity index is 2.15. The zero-order valence-electron chi connectivity index (χ0n) is 10.7. The zero-order chi connectivity index (χ0) is 14.7. The van der Waals surface area contributed by atoms with E-state index in [1.54, 1.807) is 0 Å². The van der Waals surface area contributed by atoms with Crippen molar-refractivity contribution < 1.29 is 13.9 Å². The van der Waals surface area contributed by atoms with E-state index in [4.69, 9.17) is 0 Å². The summed E-state index contributed by atoms with van der Waals surface area (Å²) in [5.41, 5.74) is 0.778. The van der Waals surface area contributed by atoms with Crippen molar-refractivity contribution in [2.24, 2.45) is 0 Å². The van der Waals surface area contributed by atoms with Crippen LogP contribution in [0.25, 0.3) is 0 Å². The van der Waals surface area contributed by atoms with Gasteiger partial charge in [-0.2, -0.15) is 0 Å². The maximum Gasteiger partial charge on any atom is 0.146 e. The van der Waals surface area contributed by atoms with Crippen LogP contribution in [0, 0.1) is 18.6 Å². The standard InChI is InChI=1S/C15H13BrF2OS/c1-9-4-2-3-5-13(9)20-8-12(19)14-11(17)7-6-10(16)15(14)18/h2-7,12,19H,8H2,1H3. The van der Waals surface area contributed by atoms with Gasteiger partial charge in [0, 0.05) is 10.6 Å². The Morgan fingerprint density at radius 1 is 1.20 bits per heavy atom. The van der Waals surface area contributed by atoms with Crippen molar-refractivity contribution >= 4 is 27.7 Å². The summed E-state index contributed by atoms with van der Waals surface area (Å²) in [6.45, 7) is 1.95. The van der Waals surface area contributed by atoms with Crippen LogP contribution in [-0.4, -0.2) is 10.9 Å². The third-order valence-corrected chi connectivity index (χ3v) is 4.77. The molecule has 0 saturated carbocycles. The summed E-state index contributed by atoms with van der Waals surface area (Å²) in [6, 6.07) is 10.1. The van der Waals surface area contributed by atoms with Gasteiger partial charge in [-0.3, -0.25) is 0 Å². The SMILES string of the molecule is Cc1ccccc1SCC(O)c1c(F)ccc(Br)c1F. The Kier molecular flexibility index (Phi) is 5.18. The van der Waals surface area contributed by atoms with Crippen molar-refractivity contribution in [2.45, 2.75) is 17.9 Å². The molecule has 0 fully saturated rings. The number of hydrogen-bond donors (Lipinski definition) is 1. The van der Waals surface area contributed by atoms with Crippen LogP contribution >= 0.6 is 27.7 Å². The van der Waals surface area contributed by atoms with Crippen LogP contribution in [-0.2, 0) is 0 Å². The maximum atomic E-state index is 13.9. The van der Waals surface area contributed by atoms with E-state index in [1.165, 1.54) is 17.8 Å². The van der Waals surface area contributed by atoms with Crippen LogP contribution in [0.5, 0.6) is 0 Å². The highest BCUT2D eigenvalue weighted by Crippen LogP contribution is 2.31. The van der Waals surface area contributed by atoms with Crippen molar-refractivity contribution in [1.82, 2.24) is 0 Å². The Morgan fingerprint density at radius 3 is 2.60 bits per heavy atom. The molecule has 20 heavy (non-hydrogen) atoms. The molecule has 2 aromatic carbocycles. The van der Waals surface area contributed by atoms with E-state index < -0.39 is 17.7 Å². The molecule has 106 valence electrons. The van der Waals surface area contributed by atoms with E-state index in [1.807, 2.05) is 31.2 Å². The lowest BCUT2D eigenvalue weighted by atomic mass is 10.1. The van der Waals surface area contributed by atoms with Crippen molar-refractivity contribution in [1.29, 1.82) is 0 Å². The smallest absolute Gasteiger partial charge is 0.146 e. The predicted molar refractivity (Wildman–Crippen MR) is 80.9 cm³/mol. The van der Waals surface area contributed by atoms with Gasteiger partial charge in [0.05, 0.1) is 16.1 Å². The largest absolute Gasteiger partial charge is 0.387 e. The Hall–Kier alpha value is -0.910. The van der Waals surface area contributed by atoms with E-state index in [-0.39, 0.29) is 15.8 Å². The van der Waals surface area contributed by atoms with Crippen molar-refractivity contribution in [2.75, 3.05) is 5.75 Å². The molecule has 0 heterocycles. The van der Waals surface area contributed by atoms with E-state index in [9.17, 15) is 13.9 Å². The van der Waals surface area contributed by atoms with Crippen LogP contribution < -0.4 is 0 Å². The highest BCUT2D eigenvalue weighted by Gasteiger charge is 2.20. The van der Waals surface area contributed by atoms with Gasteiger partial charge < -0.3 is 5.11 Å². The summed E-state index contributed by atoms with van der Waals surface area (Å²) in [5.74, 6) is -1.29. The molecule has 2 aromatic rings. The molecule has 0 saturated heterocycles. The summed E-state index contributed by atoms with van der Waals surface area (Å²) in [5, 5.41) is 10.0. The summed E-state index contributed by atoms with van der Waals surface area (Å²) in [4.78, 5) is 0.988. The third-order valence-electron chi connectivity index (χ3n) is 2.90. The fraction of sp³-hybridized carbons (Fsp3) is 0.200.